The molecule has 2 fully saturated rings. The molecule has 142 valence electrons. The lowest BCUT2D eigenvalue weighted by atomic mass is 9.87. The van der Waals surface area contributed by atoms with Crippen LogP contribution in [0.2, 0.25) is 0 Å². The maximum absolute atomic E-state index is 12.3. The van der Waals surface area contributed by atoms with Gasteiger partial charge in [-0.25, -0.2) is 0 Å². The number of piperazine rings is 1. The van der Waals surface area contributed by atoms with Crippen molar-refractivity contribution in [2.24, 2.45) is 5.92 Å². The number of nitrogens with one attached hydrogen (secondary N) is 1. The number of amides is 1. The van der Waals surface area contributed by atoms with Crippen LogP contribution in [0.1, 0.15) is 64.7 Å². The van der Waals surface area contributed by atoms with Crippen LogP contribution in [-0.2, 0) is 4.79 Å². The van der Waals surface area contributed by atoms with E-state index in [-0.39, 0.29) is 5.91 Å². The number of nitrogens with zero attached hydrogens (tertiary/aromatic N) is 2. The van der Waals surface area contributed by atoms with Crippen LogP contribution >= 0.6 is 0 Å². The van der Waals surface area contributed by atoms with Crippen LogP contribution in [-0.4, -0.2) is 61.0 Å². The Balaban J connectivity index is 1.30. The summed E-state index contributed by atoms with van der Waals surface area (Å²) in [7, 11) is 0. The zero-order valence-electron chi connectivity index (χ0n) is 16.1. The van der Waals surface area contributed by atoms with Crippen LogP contribution in [0.15, 0.2) is 11.6 Å². The number of hydrogen-bond acceptors (Lipinski definition) is 3. The Bertz CT molecular complexity index is 454. The van der Waals surface area contributed by atoms with Crippen molar-refractivity contribution in [3.05, 3.63) is 11.6 Å². The topological polar surface area (TPSA) is 35.6 Å². The Labute approximate surface area is 154 Å². The second-order valence-corrected chi connectivity index (χ2v) is 8.51. The molecule has 2 aliphatic carbocycles. The third-order valence-corrected chi connectivity index (χ3v) is 6.27. The lowest BCUT2D eigenvalue weighted by Gasteiger charge is -2.35. The van der Waals surface area contributed by atoms with Gasteiger partial charge in [0, 0.05) is 38.8 Å². The van der Waals surface area contributed by atoms with Crippen LogP contribution in [0.5, 0.6) is 0 Å². The molecule has 4 heteroatoms. The predicted molar refractivity (Wildman–Crippen MR) is 104 cm³/mol. The fourth-order valence-electron chi connectivity index (χ4n) is 4.65. The molecule has 0 spiro atoms. The molecule has 2 atom stereocenters. The molecular formula is C21H37N3O. The minimum absolute atomic E-state index is 0.236. The van der Waals surface area contributed by atoms with E-state index in [4.69, 9.17) is 0 Å². The Morgan fingerprint density at radius 2 is 1.92 bits per heavy atom. The van der Waals surface area contributed by atoms with Crippen LogP contribution in [0.25, 0.3) is 0 Å². The first-order valence-electron chi connectivity index (χ1n) is 10.6. The van der Waals surface area contributed by atoms with Crippen LogP contribution in [0, 0.1) is 5.92 Å². The van der Waals surface area contributed by atoms with Gasteiger partial charge < -0.3 is 10.2 Å². The van der Waals surface area contributed by atoms with Gasteiger partial charge in [0.15, 0.2) is 0 Å². The Morgan fingerprint density at radius 1 is 1.12 bits per heavy atom. The number of allylic oxidation sites excluding steroid dienone is 1. The highest BCUT2D eigenvalue weighted by molar-refractivity contribution is 5.78. The molecule has 25 heavy (non-hydrogen) atoms. The number of carbonyl (C=O) groups is 1. The first-order chi connectivity index (χ1) is 12.2. The molecule has 0 radical (unpaired) electrons. The highest BCUT2D eigenvalue weighted by Gasteiger charge is 2.23. The molecule has 1 amide bonds. The zero-order chi connectivity index (χ0) is 17.5. The molecule has 0 bridgehead atoms. The van der Waals surface area contributed by atoms with Gasteiger partial charge >= 0.3 is 0 Å². The van der Waals surface area contributed by atoms with Gasteiger partial charge in [-0.3, -0.25) is 9.69 Å². The van der Waals surface area contributed by atoms with Gasteiger partial charge in [-0.15, -0.1) is 0 Å². The van der Waals surface area contributed by atoms with E-state index in [1.165, 1.54) is 57.9 Å². The maximum atomic E-state index is 12.3. The zero-order valence-corrected chi connectivity index (χ0v) is 16.1. The highest BCUT2D eigenvalue weighted by atomic mass is 16.2. The van der Waals surface area contributed by atoms with E-state index in [0.717, 1.165) is 38.5 Å². The van der Waals surface area contributed by atoms with Crippen molar-refractivity contribution in [1.29, 1.82) is 0 Å². The molecule has 2 unspecified atom stereocenters. The van der Waals surface area contributed by atoms with E-state index in [2.05, 4.69) is 28.1 Å². The number of hydrogen-bond donors (Lipinski definition) is 1. The maximum Gasteiger partial charge on any atom is 0.234 e. The van der Waals surface area contributed by atoms with Crippen molar-refractivity contribution < 1.29 is 4.79 Å². The van der Waals surface area contributed by atoms with Crippen molar-refractivity contribution in [3.63, 3.8) is 0 Å². The van der Waals surface area contributed by atoms with E-state index in [0.29, 0.717) is 12.6 Å². The van der Waals surface area contributed by atoms with Crippen LogP contribution in [0.3, 0.4) is 0 Å². The number of carbonyl (C=O) groups excluding carboxylic acids is 1. The van der Waals surface area contributed by atoms with Crippen molar-refractivity contribution in [2.75, 3.05) is 39.3 Å². The van der Waals surface area contributed by atoms with Gasteiger partial charge in [0.05, 0.1) is 6.54 Å². The second-order valence-electron chi connectivity index (χ2n) is 8.51. The molecule has 0 aromatic carbocycles. The van der Waals surface area contributed by atoms with E-state index < -0.39 is 0 Å². The van der Waals surface area contributed by atoms with Gasteiger partial charge in [0.2, 0.25) is 5.91 Å². The molecule has 1 saturated carbocycles. The van der Waals surface area contributed by atoms with Crippen molar-refractivity contribution in [3.8, 4) is 0 Å². The summed E-state index contributed by atoms with van der Waals surface area (Å²) in [5, 5.41) is 3.27. The average molecular weight is 348 g/mol. The summed E-state index contributed by atoms with van der Waals surface area (Å²) in [5.41, 5.74) is 1.68. The summed E-state index contributed by atoms with van der Waals surface area (Å²) in [6, 6.07) is 0.418. The minimum atomic E-state index is 0.236. The standard InChI is InChI=1S/C21H37N3O/c1-18-6-5-9-20(16-18)22-21(25)17-24-14-12-23(13-15-24)11-10-19-7-3-2-4-8-19/h7,18,20H,2-6,8-17H2,1H3,(H,22,25). The summed E-state index contributed by atoms with van der Waals surface area (Å²) in [6.45, 7) is 8.39. The largest absolute Gasteiger partial charge is 0.352 e. The van der Waals surface area contributed by atoms with Gasteiger partial charge in [-0.05, 0) is 50.9 Å². The van der Waals surface area contributed by atoms with E-state index in [9.17, 15) is 4.79 Å². The first-order valence-corrected chi connectivity index (χ1v) is 10.6. The summed E-state index contributed by atoms with van der Waals surface area (Å²) in [4.78, 5) is 17.2. The summed E-state index contributed by atoms with van der Waals surface area (Å²) >= 11 is 0. The molecule has 3 rings (SSSR count). The van der Waals surface area contributed by atoms with Crippen molar-refractivity contribution >= 4 is 5.91 Å². The Kier molecular flexibility index (Phi) is 7.35. The van der Waals surface area contributed by atoms with Gasteiger partial charge in [-0.1, -0.05) is 31.4 Å². The van der Waals surface area contributed by atoms with E-state index >= 15 is 0 Å². The molecule has 1 aliphatic heterocycles. The van der Waals surface area contributed by atoms with Gasteiger partial charge in [-0.2, -0.15) is 0 Å². The Hall–Kier alpha value is -0.870. The third kappa shape index (κ3) is 6.41. The lowest BCUT2D eigenvalue weighted by molar-refractivity contribution is -0.123. The summed E-state index contributed by atoms with van der Waals surface area (Å²) < 4.78 is 0. The molecular weight excluding hydrogens is 310 g/mol. The van der Waals surface area contributed by atoms with Gasteiger partial charge in [0.25, 0.3) is 0 Å². The average Bonchev–Trinajstić information content (AvgIpc) is 2.62. The third-order valence-electron chi connectivity index (χ3n) is 6.27. The van der Waals surface area contributed by atoms with Gasteiger partial charge in [0.1, 0.15) is 0 Å². The van der Waals surface area contributed by atoms with E-state index in [1.807, 2.05) is 0 Å². The SMILES string of the molecule is CC1CCCC(NC(=O)CN2CCN(CCC3=CCCCC3)CC2)C1. The smallest absolute Gasteiger partial charge is 0.234 e. The molecule has 3 aliphatic rings. The molecule has 1 heterocycles. The quantitative estimate of drug-likeness (QED) is 0.750. The fraction of sp³-hybridized carbons (Fsp3) is 0.857. The normalized spacial score (nSPS) is 29.2. The molecule has 1 saturated heterocycles. The highest BCUT2D eigenvalue weighted by Crippen LogP contribution is 2.23. The molecule has 1 N–H and O–H groups in total. The summed E-state index contributed by atoms with van der Waals surface area (Å²) in [6.07, 6.45) is 14.0. The van der Waals surface area contributed by atoms with Crippen molar-refractivity contribution in [2.45, 2.75) is 70.8 Å². The number of rotatable bonds is 6. The lowest BCUT2D eigenvalue weighted by Crippen LogP contribution is -2.51. The first kappa shape index (κ1) is 18.9. The van der Waals surface area contributed by atoms with Crippen molar-refractivity contribution in [1.82, 2.24) is 15.1 Å². The second kappa shape index (κ2) is 9.72. The van der Waals surface area contributed by atoms with Crippen LogP contribution < -0.4 is 5.32 Å². The predicted octanol–water partition coefficient (Wildman–Crippen LogP) is 3.19. The fourth-order valence-corrected chi connectivity index (χ4v) is 4.65. The summed E-state index contributed by atoms with van der Waals surface area (Å²) in [5.74, 6) is 1.00. The Morgan fingerprint density at radius 3 is 2.64 bits per heavy atom. The molecule has 0 aromatic rings. The van der Waals surface area contributed by atoms with Crippen LogP contribution in [0.4, 0.5) is 0 Å². The minimum Gasteiger partial charge on any atom is -0.352 e. The van der Waals surface area contributed by atoms with E-state index in [1.54, 1.807) is 5.57 Å². The monoisotopic (exact) mass is 347 g/mol. The molecule has 4 nitrogen and oxygen atoms in total. The molecule has 0 aromatic heterocycles.